The monoisotopic (exact) mass is 462 g/mol. The average Bonchev–Trinajstić information content (AvgIpc) is 3.17. The van der Waals surface area contributed by atoms with Crippen molar-refractivity contribution in [3.63, 3.8) is 0 Å². The van der Waals surface area contributed by atoms with Crippen LogP contribution in [-0.2, 0) is 10.0 Å². The number of hydrogen-bond acceptors (Lipinski definition) is 4. The van der Waals surface area contributed by atoms with Crippen molar-refractivity contribution in [2.45, 2.75) is 31.6 Å². The molecule has 2 unspecified atom stereocenters. The number of alkyl halides is 2. The molecule has 170 valence electrons. The van der Waals surface area contributed by atoms with Gasteiger partial charge in [-0.25, -0.2) is 22.2 Å². The second-order valence-electron chi connectivity index (χ2n) is 8.40. The molecule has 1 aliphatic rings. The number of anilines is 1. The van der Waals surface area contributed by atoms with Crippen LogP contribution in [0, 0.1) is 11.8 Å². The van der Waals surface area contributed by atoms with Gasteiger partial charge in [-0.15, -0.1) is 0 Å². The third-order valence-electron chi connectivity index (χ3n) is 5.55. The molecule has 1 aliphatic heterocycles. The largest absolute Gasteiger partial charge is 0.337 e. The Kier molecular flexibility index (Phi) is 6.00. The summed E-state index contributed by atoms with van der Waals surface area (Å²) in [4.78, 5) is 19.0. The van der Waals surface area contributed by atoms with Crippen molar-refractivity contribution in [2.24, 2.45) is 11.8 Å². The normalized spacial score (nSPS) is 20.0. The van der Waals surface area contributed by atoms with Crippen molar-refractivity contribution in [1.82, 2.24) is 14.3 Å². The SMILES string of the molecule is CC1CC(C)CN(S(=O)(=O)c2ccc(NC(=O)c3ccc4nc(C(F)F)[nH]c4c3)cc2)C1. The minimum absolute atomic E-state index is 0.176. The van der Waals surface area contributed by atoms with E-state index in [0.717, 1.165) is 6.42 Å². The lowest BCUT2D eigenvalue weighted by atomic mass is 9.94. The molecule has 4 rings (SSSR count). The summed E-state index contributed by atoms with van der Waals surface area (Å²) < 4.78 is 53.1. The van der Waals surface area contributed by atoms with Gasteiger partial charge in [-0.1, -0.05) is 13.8 Å². The van der Waals surface area contributed by atoms with Crippen LogP contribution >= 0.6 is 0 Å². The fourth-order valence-corrected chi connectivity index (χ4v) is 5.82. The highest BCUT2D eigenvalue weighted by molar-refractivity contribution is 7.89. The maximum atomic E-state index is 13.0. The molecule has 2 atom stereocenters. The van der Waals surface area contributed by atoms with Crippen LogP contribution in [0.15, 0.2) is 47.4 Å². The third kappa shape index (κ3) is 4.51. The number of fused-ring (bicyclic) bond motifs is 1. The van der Waals surface area contributed by atoms with Crippen molar-refractivity contribution in [2.75, 3.05) is 18.4 Å². The summed E-state index contributed by atoms with van der Waals surface area (Å²) in [7, 11) is -3.61. The molecule has 0 bridgehead atoms. The molecule has 10 heteroatoms. The van der Waals surface area contributed by atoms with E-state index in [1.807, 2.05) is 13.8 Å². The highest BCUT2D eigenvalue weighted by Gasteiger charge is 2.31. The zero-order valence-electron chi connectivity index (χ0n) is 17.7. The Hall–Kier alpha value is -2.85. The maximum absolute atomic E-state index is 13.0. The molecule has 1 aromatic heterocycles. The van der Waals surface area contributed by atoms with E-state index in [4.69, 9.17) is 0 Å². The Bertz CT molecular complexity index is 1230. The number of nitrogens with one attached hydrogen (secondary N) is 2. The van der Waals surface area contributed by atoms with Gasteiger partial charge in [-0.05, 0) is 60.7 Å². The number of nitrogens with zero attached hydrogens (tertiary/aromatic N) is 2. The van der Waals surface area contributed by atoms with Gasteiger partial charge in [0.2, 0.25) is 10.0 Å². The number of imidazole rings is 1. The lowest BCUT2D eigenvalue weighted by Gasteiger charge is -2.34. The number of aromatic amines is 1. The first-order valence-electron chi connectivity index (χ1n) is 10.3. The number of halogens is 2. The van der Waals surface area contributed by atoms with E-state index in [2.05, 4.69) is 15.3 Å². The lowest BCUT2D eigenvalue weighted by Crippen LogP contribution is -2.42. The number of benzene rings is 2. The number of piperidine rings is 1. The van der Waals surface area contributed by atoms with Gasteiger partial charge in [0.25, 0.3) is 12.3 Å². The number of H-pyrrole nitrogens is 1. The van der Waals surface area contributed by atoms with Gasteiger partial charge in [0.1, 0.15) is 0 Å². The molecule has 32 heavy (non-hydrogen) atoms. The van der Waals surface area contributed by atoms with E-state index < -0.39 is 28.2 Å². The van der Waals surface area contributed by atoms with Gasteiger partial charge < -0.3 is 10.3 Å². The number of carbonyl (C=O) groups excluding carboxylic acids is 1. The van der Waals surface area contributed by atoms with E-state index in [9.17, 15) is 22.0 Å². The van der Waals surface area contributed by atoms with Crippen LogP contribution in [0.5, 0.6) is 0 Å². The first-order valence-corrected chi connectivity index (χ1v) is 11.8. The zero-order valence-corrected chi connectivity index (χ0v) is 18.5. The van der Waals surface area contributed by atoms with Gasteiger partial charge in [0, 0.05) is 24.3 Å². The predicted octanol–water partition coefficient (Wildman–Crippen LogP) is 4.42. The summed E-state index contributed by atoms with van der Waals surface area (Å²) in [5, 5.41) is 2.69. The topological polar surface area (TPSA) is 95.2 Å². The first-order chi connectivity index (χ1) is 15.1. The van der Waals surface area contributed by atoms with Gasteiger partial charge >= 0.3 is 0 Å². The summed E-state index contributed by atoms with van der Waals surface area (Å²) in [5.74, 6) is -0.298. The van der Waals surface area contributed by atoms with Crippen LogP contribution < -0.4 is 5.32 Å². The van der Waals surface area contributed by atoms with Crippen LogP contribution in [-0.4, -0.2) is 41.7 Å². The molecule has 1 saturated heterocycles. The van der Waals surface area contributed by atoms with Gasteiger partial charge in [-0.3, -0.25) is 4.79 Å². The van der Waals surface area contributed by atoms with Crippen LogP contribution in [0.25, 0.3) is 11.0 Å². The van der Waals surface area contributed by atoms with Crippen LogP contribution in [0.4, 0.5) is 14.5 Å². The van der Waals surface area contributed by atoms with Crippen molar-refractivity contribution >= 4 is 32.7 Å². The number of rotatable bonds is 5. The van der Waals surface area contributed by atoms with E-state index in [0.29, 0.717) is 41.6 Å². The Balaban J connectivity index is 1.48. The Morgan fingerprint density at radius 2 is 1.78 bits per heavy atom. The van der Waals surface area contributed by atoms with Crippen molar-refractivity contribution in [3.8, 4) is 0 Å². The third-order valence-corrected chi connectivity index (χ3v) is 7.40. The van der Waals surface area contributed by atoms with Gasteiger partial charge in [0.05, 0.1) is 15.9 Å². The molecule has 3 aromatic rings. The molecule has 0 spiro atoms. The quantitative estimate of drug-likeness (QED) is 0.587. The van der Waals surface area contributed by atoms with Crippen molar-refractivity contribution < 1.29 is 22.0 Å². The molecule has 7 nitrogen and oxygen atoms in total. The molecule has 1 fully saturated rings. The van der Waals surface area contributed by atoms with Crippen LogP contribution in [0.1, 0.15) is 42.9 Å². The first kappa shape index (κ1) is 22.3. The van der Waals surface area contributed by atoms with E-state index in [1.165, 1.54) is 46.8 Å². The molecular formula is C22H24F2N4O3S. The lowest BCUT2D eigenvalue weighted by molar-refractivity contribution is 0.102. The minimum atomic E-state index is -3.61. The van der Waals surface area contributed by atoms with Crippen molar-refractivity contribution in [3.05, 3.63) is 53.9 Å². The van der Waals surface area contributed by atoms with Crippen molar-refractivity contribution in [1.29, 1.82) is 0 Å². The summed E-state index contributed by atoms with van der Waals surface area (Å²) >= 11 is 0. The molecule has 2 aromatic carbocycles. The second kappa shape index (κ2) is 8.59. The average molecular weight is 463 g/mol. The maximum Gasteiger partial charge on any atom is 0.295 e. The van der Waals surface area contributed by atoms with E-state index in [-0.39, 0.29) is 10.5 Å². The summed E-state index contributed by atoms with van der Waals surface area (Å²) in [6.45, 7) is 5.08. The number of carbonyl (C=O) groups is 1. The fraction of sp³-hybridized carbons (Fsp3) is 0.364. The molecule has 0 radical (unpaired) electrons. The summed E-state index contributed by atoms with van der Waals surface area (Å²) in [6, 6.07) is 10.4. The number of aromatic nitrogens is 2. The number of sulfonamides is 1. The Labute approximate surface area is 184 Å². The second-order valence-corrected chi connectivity index (χ2v) is 10.3. The molecule has 0 aliphatic carbocycles. The standard InChI is InChI=1S/C22H24F2N4O3S/c1-13-9-14(2)12-28(11-13)32(30,31)17-6-4-16(5-7-17)25-22(29)15-3-8-18-19(10-15)27-21(26-18)20(23)24/h3-8,10,13-14,20H,9,11-12H2,1-2H3,(H,25,29)(H,26,27). The number of hydrogen-bond donors (Lipinski definition) is 2. The van der Waals surface area contributed by atoms with E-state index in [1.54, 1.807) is 0 Å². The smallest absolute Gasteiger partial charge is 0.295 e. The Morgan fingerprint density at radius 1 is 1.12 bits per heavy atom. The molecule has 1 amide bonds. The van der Waals surface area contributed by atoms with Crippen LogP contribution in [0.3, 0.4) is 0 Å². The molecule has 0 saturated carbocycles. The van der Waals surface area contributed by atoms with Crippen LogP contribution in [0.2, 0.25) is 0 Å². The summed E-state index contributed by atoms with van der Waals surface area (Å²) in [6.07, 6.45) is -1.73. The van der Waals surface area contributed by atoms with Gasteiger partial charge in [0.15, 0.2) is 5.82 Å². The Morgan fingerprint density at radius 3 is 2.41 bits per heavy atom. The minimum Gasteiger partial charge on any atom is -0.337 e. The summed E-state index contributed by atoms with van der Waals surface area (Å²) in [5.41, 5.74) is 1.36. The highest BCUT2D eigenvalue weighted by atomic mass is 32.2. The number of amides is 1. The molecular weight excluding hydrogens is 438 g/mol. The highest BCUT2D eigenvalue weighted by Crippen LogP contribution is 2.27. The fourth-order valence-electron chi connectivity index (χ4n) is 4.14. The molecule has 2 N–H and O–H groups in total. The molecule has 2 heterocycles. The predicted molar refractivity (Wildman–Crippen MR) is 117 cm³/mol. The van der Waals surface area contributed by atoms with E-state index >= 15 is 0 Å². The van der Waals surface area contributed by atoms with Gasteiger partial charge in [-0.2, -0.15) is 4.31 Å². The zero-order chi connectivity index (χ0) is 23.0.